The molecule has 2 aromatic heterocycles. The molecule has 0 amide bonds. The highest BCUT2D eigenvalue weighted by Gasteiger charge is 2.37. The van der Waals surface area contributed by atoms with Crippen LogP contribution in [0.5, 0.6) is 0 Å². The van der Waals surface area contributed by atoms with Gasteiger partial charge in [0, 0.05) is 32.1 Å². The lowest BCUT2D eigenvalue weighted by Crippen LogP contribution is -2.25. The van der Waals surface area contributed by atoms with E-state index in [1.807, 2.05) is 0 Å². The fraction of sp³-hybridized carbons (Fsp3) is 0.316. The molecule has 0 aliphatic carbocycles. The number of hydrogen-bond acceptors (Lipinski definition) is 5. The molecule has 170 valence electrons. The van der Waals surface area contributed by atoms with Crippen LogP contribution in [0, 0.1) is 0 Å². The van der Waals surface area contributed by atoms with Crippen molar-refractivity contribution in [3.63, 3.8) is 0 Å². The first-order valence-electron chi connectivity index (χ1n) is 9.10. The van der Waals surface area contributed by atoms with E-state index in [9.17, 15) is 26.3 Å². The molecule has 0 aliphatic rings. The van der Waals surface area contributed by atoms with Gasteiger partial charge in [-0.3, -0.25) is 4.99 Å². The van der Waals surface area contributed by atoms with Crippen molar-refractivity contribution < 1.29 is 26.3 Å². The third kappa shape index (κ3) is 5.03. The SMILES string of the molecule is CC(N=C(c1cc(C(F)(F)F)cc(C(F)(F)F)c1)N(C)C)c1ncnn1-c1ncccn1. The summed E-state index contributed by atoms with van der Waals surface area (Å²) in [5, 5.41) is 4.03. The predicted octanol–water partition coefficient (Wildman–Crippen LogP) is 4.16. The van der Waals surface area contributed by atoms with E-state index >= 15 is 0 Å². The lowest BCUT2D eigenvalue weighted by molar-refractivity contribution is -0.143. The quantitative estimate of drug-likeness (QED) is 0.334. The van der Waals surface area contributed by atoms with Crippen LogP contribution in [0.15, 0.2) is 48.0 Å². The molecule has 13 heteroatoms. The first-order valence-corrected chi connectivity index (χ1v) is 9.10. The number of aliphatic imine (C=N–C) groups is 1. The maximum atomic E-state index is 13.3. The van der Waals surface area contributed by atoms with Crippen molar-refractivity contribution in [2.45, 2.75) is 25.3 Å². The van der Waals surface area contributed by atoms with Crippen LogP contribution in [0.2, 0.25) is 0 Å². The number of rotatable bonds is 4. The lowest BCUT2D eigenvalue weighted by atomic mass is 10.0. The maximum Gasteiger partial charge on any atom is 0.416 e. The molecule has 0 saturated heterocycles. The van der Waals surface area contributed by atoms with Crippen LogP contribution < -0.4 is 0 Å². The summed E-state index contributed by atoms with van der Waals surface area (Å²) >= 11 is 0. The number of hydrogen-bond donors (Lipinski definition) is 0. The van der Waals surface area contributed by atoms with Crippen LogP contribution in [0.25, 0.3) is 5.95 Å². The Morgan fingerprint density at radius 2 is 1.50 bits per heavy atom. The summed E-state index contributed by atoms with van der Waals surface area (Å²) in [6.07, 6.45) is -5.75. The zero-order chi connectivity index (χ0) is 23.7. The second-order valence-electron chi connectivity index (χ2n) is 6.90. The molecule has 32 heavy (non-hydrogen) atoms. The Bertz CT molecular complexity index is 1070. The van der Waals surface area contributed by atoms with Gasteiger partial charge in [-0.25, -0.2) is 15.0 Å². The van der Waals surface area contributed by atoms with Crippen molar-refractivity contribution in [2.24, 2.45) is 4.99 Å². The summed E-state index contributed by atoms with van der Waals surface area (Å²) in [5.41, 5.74) is -3.19. The molecule has 0 bridgehead atoms. The number of benzene rings is 1. The zero-order valence-electron chi connectivity index (χ0n) is 17.0. The Morgan fingerprint density at radius 3 is 2.00 bits per heavy atom. The Labute approximate surface area is 178 Å². The highest BCUT2D eigenvalue weighted by molar-refractivity contribution is 5.99. The average molecular weight is 457 g/mol. The molecule has 0 N–H and O–H groups in total. The standard InChI is InChI=1S/C19H17F6N7/c1-11(15-28-10-29-32(15)17-26-5-4-6-27-17)30-16(31(2)3)12-7-13(18(20,21)22)9-14(8-12)19(23,24)25/h4-11H,1-3H3. The van der Waals surface area contributed by atoms with Crippen molar-refractivity contribution in [3.05, 3.63) is 65.5 Å². The van der Waals surface area contributed by atoms with Gasteiger partial charge in [-0.05, 0) is 31.2 Å². The van der Waals surface area contributed by atoms with E-state index in [4.69, 9.17) is 0 Å². The minimum absolute atomic E-state index is 0.0730. The van der Waals surface area contributed by atoms with Crippen LogP contribution in [-0.2, 0) is 12.4 Å². The van der Waals surface area contributed by atoms with E-state index in [0.717, 1.165) is 0 Å². The summed E-state index contributed by atoms with van der Waals surface area (Å²) in [5.74, 6) is 0.336. The fourth-order valence-electron chi connectivity index (χ4n) is 2.86. The summed E-state index contributed by atoms with van der Waals surface area (Å²) in [4.78, 5) is 17.9. The van der Waals surface area contributed by atoms with Crippen molar-refractivity contribution in [1.29, 1.82) is 0 Å². The van der Waals surface area contributed by atoms with Gasteiger partial charge in [0.15, 0.2) is 5.82 Å². The second kappa shape index (κ2) is 8.55. The molecule has 0 radical (unpaired) electrons. The van der Waals surface area contributed by atoms with Crippen molar-refractivity contribution in [3.8, 4) is 5.95 Å². The van der Waals surface area contributed by atoms with Gasteiger partial charge in [-0.15, -0.1) is 0 Å². The van der Waals surface area contributed by atoms with Gasteiger partial charge in [0.05, 0.1) is 11.1 Å². The molecule has 0 aliphatic heterocycles. The second-order valence-corrected chi connectivity index (χ2v) is 6.90. The van der Waals surface area contributed by atoms with Gasteiger partial charge in [0.25, 0.3) is 5.95 Å². The van der Waals surface area contributed by atoms with Gasteiger partial charge in [-0.2, -0.15) is 36.1 Å². The molecule has 3 aromatic rings. The number of aromatic nitrogens is 5. The number of alkyl halides is 6. The molecular weight excluding hydrogens is 440 g/mol. The normalized spacial score (nSPS) is 13.8. The van der Waals surface area contributed by atoms with Gasteiger partial charge in [-0.1, -0.05) is 0 Å². The van der Waals surface area contributed by atoms with Crippen LogP contribution in [0.1, 0.15) is 35.5 Å². The number of amidine groups is 1. The topological polar surface area (TPSA) is 72.1 Å². The summed E-state index contributed by atoms with van der Waals surface area (Å²) < 4.78 is 80.9. The maximum absolute atomic E-state index is 13.3. The van der Waals surface area contributed by atoms with Crippen LogP contribution >= 0.6 is 0 Å². The smallest absolute Gasteiger partial charge is 0.363 e. The van der Waals surface area contributed by atoms with Crippen LogP contribution in [-0.4, -0.2) is 49.6 Å². The predicted molar refractivity (Wildman–Crippen MR) is 102 cm³/mol. The number of nitrogens with zero attached hydrogens (tertiary/aromatic N) is 7. The molecule has 1 aromatic carbocycles. The van der Waals surface area contributed by atoms with E-state index in [2.05, 4.69) is 25.0 Å². The molecule has 0 spiro atoms. The van der Waals surface area contributed by atoms with Crippen molar-refractivity contribution >= 4 is 5.84 Å². The highest BCUT2D eigenvalue weighted by atomic mass is 19.4. The third-order valence-corrected chi connectivity index (χ3v) is 4.27. The lowest BCUT2D eigenvalue weighted by Gasteiger charge is -2.21. The molecule has 7 nitrogen and oxygen atoms in total. The molecule has 1 atom stereocenters. The Hall–Kier alpha value is -3.51. The van der Waals surface area contributed by atoms with E-state index in [0.29, 0.717) is 12.1 Å². The number of halogens is 6. The first-order chi connectivity index (χ1) is 14.9. The first kappa shape index (κ1) is 23.2. The molecule has 0 fully saturated rings. The summed E-state index contributed by atoms with van der Waals surface area (Å²) in [6, 6.07) is 2.13. The fourth-order valence-corrected chi connectivity index (χ4v) is 2.86. The Kier molecular flexibility index (Phi) is 6.19. The van der Waals surface area contributed by atoms with Crippen molar-refractivity contribution in [1.82, 2.24) is 29.6 Å². The largest absolute Gasteiger partial charge is 0.416 e. The average Bonchev–Trinajstić information content (AvgIpc) is 3.20. The van der Waals surface area contributed by atoms with E-state index in [1.54, 1.807) is 13.0 Å². The summed E-state index contributed by atoms with van der Waals surface area (Å²) in [7, 11) is 2.92. The zero-order valence-corrected chi connectivity index (χ0v) is 17.0. The molecule has 3 rings (SSSR count). The molecule has 1 unspecified atom stereocenters. The monoisotopic (exact) mass is 457 g/mol. The highest BCUT2D eigenvalue weighted by Crippen LogP contribution is 2.36. The van der Waals surface area contributed by atoms with Crippen molar-refractivity contribution in [2.75, 3.05) is 14.1 Å². The van der Waals surface area contributed by atoms with Gasteiger partial charge < -0.3 is 4.90 Å². The van der Waals surface area contributed by atoms with E-state index in [1.165, 1.54) is 42.4 Å². The Balaban J connectivity index is 2.11. The van der Waals surface area contributed by atoms with Gasteiger partial charge >= 0.3 is 12.4 Å². The summed E-state index contributed by atoms with van der Waals surface area (Å²) in [6.45, 7) is 1.57. The van der Waals surface area contributed by atoms with Crippen LogP contribution in [0.3, 0.4) is 0 Å². The Morgan fingerprint density at radius 1 is 0.938 bits per heavy atom. The van der Waals surface area contributed by atoms with Gasteiger partial charge in [0.1, 0.15) is 18.2 Å². The molecular formula is C19H17F6N7. The molecule has 2 heterocycles. The van der Waals surface area contributed by atoms with E-state index in [-0.39, 0.29) is 29.2 Å². The minimum atomic E-state index is -4.97. The van der Waals surface area contributed by atoms with Gasteiger partial charge in [0.2, 0.25) is 0 Å². The minimum Gasteiger partial charge on any atom is -0.363 e. The third-order valence-electron chi connectivity index (χ3n) is 4.27. The van der Waals surface area contributed by atoms with Crippen LogP contribution in [0.4, 0.5) is 26.3 Å². The van der Waals surface area contributed by atoms with E-state index < -0.39 is 29.5 Å². The molecule has 0 saturated carbocycles.